The van der Waals surface area contributed by atoms with Crippen molar-refractivity contribution in [1.82, 2.24) is 10.2 Å². The average Bonchev–Trinajstić information content (AvgIpc) is 2.36. The van der Waals surface area contributed by atoms with Crippen molar-refractivity contribution in [3.63, 3.8) is 0 Å². The van der Waals surface area contributed by atoms with E-state index in [9.17, 15) is 22.8 Å². The molecular weight excluding hydrogens is 273 g/mol. The molecule has 1 heterocycles. The number of nitrogens with one attached hydrogen (secondary N) is 1. The molecule has 116 valence electrons. The number of alkyl halides is 3. The minimum atomic E-state index is -4.16. The topological polar surface area (TPSA) is 49.4 Å². The van der Waals surface area contributed by atoms with Gasteiger partial charge in [0.2, 0.25) is 11.8 Å². The van der Waals surface area contributed by atoms with Gasteiger partial charge in [-0.05, 0) is 18.8 Å². The van der Waals surface area contributed by atoms with Crippen LogP contribution in [-0.2, 0) is 9.59 Å². The summed E-state index contributed by atoms with van der Waals surface area (Å²) in [6.07, 6.45) is -4.04. The first-order valence-electron chi connectivity index (χ1n) is 6.89. The number of carbonyl (C=O) groups is 2. The largest absolute Gasteiger partial charge is 0.389 e. The molecule has 2 amide bonds. The van der Waals surface area contributed by atoms with E-state index < -0.39 is 18.6 Å². The number of carbonyl (C=O) groups excluding carboxylic acids is 2. The van der Waals surface area contributed by atoms with Crippen molar-refractivity contribution in [2.24, 2.45) is 5.92 Å². The van der Waals surface area contributed by atoms with Gasteiger partial charge in [0, 0.05) is 13.0 Å². The molecule has 2 unspecified atom stereocenters. The van der Waals surface area contributed by atoms with Gasteiger partial charge in [-0.25, -0.2) is 0 Å². The van der Waals surface area contributed by atoms with Crippen LogP contribution in [0.2, 0.25) is 0 Å². The Kier molecular flexibility index (Phi) is 5.83. The first-order chi connectivity index (χ1) is 9.24. The van der Waals surface area contributed by atoms with E-state index >= 15 is 0 Å². The Morgan fingerprint density at radius 1 is 1.35 bits per heavy atom. The Hall–Kier alpha value is -1.27. The molecule has 0 aromatic carbocycles. The van der Waals surface area contributed by atoms with Crippen LogP contribution in [0.5, 0.6) is 0 Å². The maximum Gasteiger partial charge on any atom is 0.389 e. The van der Waals surface area contributed by atoms with Gasteiger partial charge >= 0.3 is 6.18 Å². The first kappa shape index (κ1) is 16.8. The van der Waals surface area contributed by atoms with E-state index in [2.05, 4.69) is 5.32 Å². The summed E-state index contributed by atoms with van der Waals surface area (Å²) in [7, 11) is 0. The third-order valence-corrected chi connectivity index (χ3v) is 3.58. The summed E-state index contributed by atoms with van der Waals surface area (Å²) in [6, 6.07) is -0.552. The van der Waals surface area contributed by atoms with E-state index in [0.29, 0.717) is 0 Å². The lowest BCUT2D eigenvalue weighted by Gasteiger charge is -2.35. The third kappa shape index (κ3) is 5.02. The van der Waals surface area contributed by atoms with Crippen LogP contribution in [0, 0.1) is 5.92 Å². The second kappa shape index (κ2) is 6.95. The summed E-state index contributed by atoms with van der Waals surface area (Å²) >= 11 is 0. The molecule has 2 atom stereocenters. The van der Waals surface area contributed by atoms with Crippen LogP contribution >= 0.6 is 0 Å². The van der Waals surface area contributed by atoms with Crippen LogP contribution in [0.1, 0.15) is 39.5 Å². The predicted octanol–water partition coefficient (Wildman–Crippen LogP) is 2.09. The molecule has 1 aliphatic rings. The van der Waals surface area contributed by atoms with Gasteiger partial charge in [0.05, 0.1) is 6.54 Å². The second-order valence-corrected chi connectivity index (χ2v) is 5.26. The van der Waals surface area contributed by atoms with E-state index in [-0.39, 0.29) is 43.7 Å². The molecule has 1 rings (SSSR count). The molecule has 20 heavy (non-hydrogen) atoms. The standard InChI is InChI=1S/C13H21F3N2O2/c1-3-9(2)11-12(20)18(8-10(19)17-11)7-5-4-6-13(14,15)16/h9,11H,3-8H2,1-2H3,(H,17,19). The molecule has 0 aromatic rings. The number of hydrogen-bond acceptors (Lipinski definition) is 2. The number of piperazine rings is 1. The van der Waals surface area contributed by atoms with Crippen LogP contribution in [0.3, 0.4) is 0 Å². The quantitative estimate of drug-likeness (QED) is 0.763. The third-order valence-electron chi connectivity index (χ3n) is 3.58. The van der Waals surface area contributed by atoms with Crippen molar-refractivity contribution in [3.8, 4) is 0 Å². The minimum absolute atomic E-state index is 0.0180. The van der Waals surface area contributed by atoms with Crippen LogP contribution < -0.4 is 5.32 Å². The first-order valence-corrected chi connectivity index (χ1v) is 6.89. The normalized spacial score (nSPS) is 21.9. The van der Waals surface area contributed by atoms with Gasteiger partial charge in [0.1, 0.15) is 6.04 Å². The molecule has 1 aliphatic heterocycles. The Bertz CT molecular complexity index is 358. The Morgan fingerprint density at radius 3 is 2.55 bits per heavy atom. The van der Waals surface area contributed by atoms with E-state index in [1.165, 1.54) is 4.90 Å². The second-order valence-electron chi connectivity index (χ2n) is 5.26. The highest BCUT2D eigenvalue weighted by molar-refractivity contribution is 5.94. The lowest BCUT2D eigenvalue weighted by Crippen LogP contribution is -2.60. The molecule has 1 N–H and O–H groups in total. The molecular formula is C13H21F3N2O2. The van der Waals surface area contributed by atoms with Gasteiger partial charge in [0.15, 0.2) is 0 Å². The molecule has 0 spiro atoms. The Balaban J connectivity index is 2.48. The van der Waals surface area contributed by atoms with E-state index in [1.807, 2.05) is 13.8 Å². The zero-order chi connectivity index (χ0) is 15.3. The van der Waals surface area contributed by atoms with Crippen molar-refractivity contribution in [2.75, 3.05) is 13.1 Å². The highest BCUT2D eigenvalue weighted by atomic mass is 19.4. The summed E-state index contributed by atoms with van der Waals surface area (Å²) in [5.74, 6) is -0.416. The summed E-state index contributed by atoms with van der Waals surface area (Å²) in [6.45, 7) is 3.94. The molecule has 0 aromatic heterocycles. The molecule has 7 heteroatoms. The van der Waals surface area contributed by atoms with Crippen molar-refractivity contribution in [3.05, 3.63) is 0 Å². The average molecular weight is 294 g/mol. The van der Waals surface area contributed by atoms with Gasteiger partial charge < -0.3 is 10.2 Å². The maximum atomic E-state index is 12.2. The van der Waals surface area contributed by atoms with Crippen LogP contribution in [0.15, 0.2) is 0 Å². The van der Waals surface area contributed by atoms with Crippen molar-refractivity contribution < 1.29 is 22.8 Å². The smallest absolute Gasteiger partial charge is 0.342 e. The van der Waals surface area contributed by atoms with Crippen LogP contribution in [0.25, 0.3) is 0 Å². The number of hydrogen-bond donors (Lipinski definition) is 1. The molecule has 0 radical (unpaired) electrons. The maximum absolute atomic E-state index is 12.2. The molecule has 1 fully saturated rings. The zero-order valence-corrected chi connectivity index (χ0v) is 11.8. The number of rotatable bonds is 6. The van der Waals surface area contributed by atoms with E-state index in [1.54, 1.807) is 0 Å². The Morgan fingerprint density at radius 2 is 2.00 bits per heavy atom. The Labute approximate surface area is 116 Å². The zero-order valence-electron chi connectivity index (χ0n) is 11.8. The summed E-state index contributed by atoms with van der Waals surface area (Å²) in [5, 5.41) is 2.65. The summed E-state index contributed by atoms with van der Waals surface area (Å²) in [5.41, 5.74) is 0. The highest BCUT2D eigenvalue weighted by Gasteiger charge is 2.35. The van der Waals surface area contributed by atoms with Gasteiger partial charge in [-0.3, -0.25) is 9.59 Å². The lowest BCUT2D eigenvalue weighted by atomic mass is 9.96. The van der Waals surface area contributed by atoms with Gasteiger partial charge in [0.25, 0.3) is 0 Å². The number of halogens is 3. The van der Waals surface area contributed by atoms with Crippen molar-refractivity contribution in [1.29, 1.82) is 0 Å². The fourth-order valence-electron chi connectivity index (χ4n) is 2.17. The predicted molar refractivity (Wildman–Crippen MR) is 67.9 cm³/mol. The number of nitrogens with zero attached hydrogens (tertiary/aromatic N) is 1. The summed E-state index contributed by atoms with van der Waals surface area (Å²) < 4.78 is 36.1. The number of amides is 2. The molecule has 1 saturated heterocycles. The molecule has 4 nitrogen and oxygen atoms in total. The van der Waals surface area contributed by atoms with Gasteiger partial charge in [-0.2, -0.15) is 13.2 Å². The van der Waals surface area contributed by atoms with Crippen molar-refractivity contribution >= 4 is 11.8 Å². The fraction of sp³-hybridized carbons (Fsp3) is 0.846. The molecule has 0 saturated carbocycles. The monoisotopic (exact) mass is 294 g/mol. The van der Waals surface area contributed by atoms with Gasteiger partial charge in [-0.15, -0.1) is 0 Å². The number of unbranched alkanes of at least 4 members (excludes halogenated alkanes) is 1. The van der Waals surface area contributed by atoms with E-state index in [0.717, 1.165) is 6.42 Å². The van der Waals surface area contributed by atoms with Crippen molar-refractivity contribution in [2.45, 2.75) is 51.7 Å². The minimum Gasteiger partial charge on any atom is -0.342 e. The van der Waals surface area contributed by atoms with Crippen LogP contribution in [0.4, 0.5) is 13.2 Å². The SMILES string of the molecule is CCC(C)C1NC(=O)CN(CCCCC(F)(F)F)C1=O. The van der Waals surface area contributed by atoms with Gasteiger partial charge in [-0.1, -0.05) is 20.3 Å². The lowest BCUT2D eigenvalue weighted by molar-refractivity contribution is -0.146. The van der Waals surface area contributed by atoms with E-state index in [4.69, 9.17) is 0 Å². The molecule has 0 aliphatic carbocycles. The summed E-state index contributed by atoms with van der Waals surface area (Å²) in [4.78, 5) is 25.1. The fourth-order valence-corrected chi connectivity index (χ4v) is 2.17. The highest BCUT2D eigenvalue weighted by Crippen LogP contribution is 2.22. The molecule has 0 bridgehead atoms. The van der Waals surface area contributed by atoms with Crippen LogP contribution in [-0.4, -0.2) is 42.0 Å².